The van der Waals surface area contributed by atoms with Gasteiger partial charge in [0.2, 0.25) is 0 Å². The van der Waals surface area contributed by atoms with E-state index in [1.54, 1.807) is 0 Å². The van der Waals surface area contributed by atoms with Crippen LogP contribution in [0, 0.1) is 13.8 Å². The van der Waals surface area contributed by atoms with Crippen molar-refractivity contribution in [2.24, 2.45) is 4.99 Å². The third-order valence-electron chi connectivity index (χ3n) is 4.56. The summed E-state index contributed by atoms with van der Waals surface area (Å²) in [7, 11) is 0. The SMILES string of the molecule is Cc1cccc(Oc2ccc(N=C3C(=O)Nc4ccc(Br)cc43)cc2)c1C. The lowest BCUT2D eigenvalue weighted by Gasteiger charge is -2.10. The average Bonchev–Trinajstić information content (AvgIpc) is 2.95. The zero-order chi connectivity index (χ0) is 19.0. The normalized spacial score (nSPS) is 14.2. The highest BCUT2D eigenvalue weighted by Gasteiger charge is 2.26. The molecular formula is C22H17BrN2O2. The molecular weight excluding hydrogens is 404 g/mol. The van der Waals surface area contributed by atoms with Crippen molar-refractivity contribution < 1.29 is 9.53 Å². The van der Waals surface area contributed by atoms with Gasteiger partial charge in [0, 0.05) is 10.0 Å². The monoisotopic (exact) mass is 420 g/mol. The zero-order valence-electron chi connectivity index (χ0n) is 14.9. The highest BCUT2D eigenvalue weighted by atomic mass is 79.9. The lowest BCUT2D eigenvalue weighted by Crippen LogP contribution is -2.13. The van der Waals surface area contributed by atoms with Crippen molar-refractivity contribution in [3.63, 3.8) is 0 Å². The van der Waals surface area contributed by atoms with Crippen molar-refractivity contribution in [1.82, 2.24) is 0 Å². The topological polar surface area (TPSA) is 50.7 Å². The molecule has 1 aliphatic rings. The van der Waals surface area contributed by atoms with Crippen molar-refractivity contribution in [2.75, 3.05) is 5.32 Å². The molecule has 3 aromatic carbocycles. The minimum absolute atomic E-state index is 0.196. The number of nitrogens with zero attached hydrogens (tertiary/aromatic N) is 1. The molecule has 0 saturated heterocycles. The van der Waals surface area contributed by atoms with Gasteiger partial charge >= 0.3 is 0 Å². The quantitative estimate of drug-likeness (QED) is 0.570. The van der Waals surface area contributed by atoms with E-state index in [9.17, 15) is 4.79 Å². The summed E-state index contributed by atoms with van der Waals surface area (Å²) in [6, 6.07) is 19.0. The Morgan fingerprint density at radius 3 is 2.56 bits per heavy atom. The van der Waals surface area contributed by atoms with Crippen molar-refractivity contribution in [1.29, 1.82) is 0 Å². The summed E-state index contributed by atoms with van der Waals surface area (Å²) in [4.78, 5) is 16.8. The summed E-state index contributed by atoms with van der Waals surface area (Å²) in [5.41, 5.74) is 4.98. The highest BCUT2D eigenvalue weighted by molar-refractivity contribution is 9.10. The van der Waals surface area contributed by atoms with E-state index in [1.165, 1.54) is 5.56 Å². The summed E-state index contributed by atoms with van der Waals surface area (Å²) in [5.74, 6) is 1.37. The molecule has 4 rings (SSSR count). The Morgan fingerprint density at radius 1 is 1.00 bits per heavy atom. The molecule has 27 heavy (non-hydrogen) atoms. The number of benzene rings is 3. The molecule has 3 aromatic rings. The number of rotatable bonds is 3. The van der Waals surface area contributed by atoms with E-state index in [2.05, 4.69) is 39.2 Å². The predicted octanol–water partition coefficient (Wildman–Crippen LogP) is 5.93. The molecule has 5 heteroatoms. The van der Waals surface area contributed by atoms with Gasteiger partial charge in [-0.2, -0.15) is 0 Å². The standard InChI is InChI=1S/C22H17BrN2O2/c1-13-4-3-5-20(14(13)2)27-17-9-7-16(8-10-17)24-21-18-12-15(23)6-11-19(18)25-22(21)26/h3-12H,1-2H3,(H,24,25,26). The zero-order valence-corrected chi connectivity index (χ0v) is 16.5. The average molecular weight is 421 g/mol. The number of carbonyl (C=O) groups excluding carboxylic acids is 1. The first kappa shape index (κ1) is 17.5. The third-order valence-corrected chi connectivity index (χ3v) is 5.05. The number of halogens is 1. The minimum Gasteiger partial charge on any atom is -0.457 e. The highest BCUT2D eigenvalue weighted by Crippen LogP contribution is 2.31. The molecule has 4 nitrogen and oxygen atoms in total. The fourth-order valence-electron chi connectivity index (χ4n) is 2.92. The molecule has 0 saturated carbocycles. The van der Waals surface area contributed by atoms with Gasteiger partial charge in [-0.05, 0) is 73.5 Å². The van der Waals surface area contributed by atoms with Crippen molar-refractivity contribution >= 4 is 38.9 Å². The fourth-order valence-corrected chi connectivity index (χ4v) is 3.28. The summed E-state index contributed by atoms with van der Waals surface area (Å²) in [6.07, 6.45) is 0. The Morgan fingerprint density at radius 2 is 1.78 bits per heavy atom. The van der Waals surface area contributed by atoms with Crippen LogP contribution in [0.15, 0.2) is 70.1 Å². The lowest BCUT2D eigenvalue weighted by atomic mass is 10.1. The number of hydrogen-bond donors (Lipinski definition) is 1. The van der Waals surface area contributed by atoms with E-state index in [0.717, 1.165) is 32.8 Å². The Hall–Kier alpha value is -2.92. The Kier molecular flexibility index (Phi) is 4.54. The fraction of sp³-hybridized carbons (Fsp3) is 0.0909. The number of anilines is 1. The molecule has 0 unspecified atom stereocenters. The maximum Gasteiger partial charge on any atom is 0.275 e. The molecule has 0 aromatic heterocycles. The van der Waals surface area contributed by atoms with Crippen molar-refractivity contribution in [3.8, 4) is 11.5 Å². The number of aliphatic imine (C=N–C) groups is 1. The first-order valence-electron chi connectivity index (χ1n) is 8.55. The van der Waals surface area contributed by atoms with Crippen LogP contribution in [0.5, 0.6) is 11.5 Å². The van der Waals surface area contributed by atoms with Crippen molar-refractivity contribution in [3.05, 3.63) is 81.8 Å². The number of amides is 1. The van der Waals surface area contributed by atoms with E-state index < -0.39 is 0 Å². The number of ether oxygens (including phenoxy) is 1. The van der Waals surface area contributed by atoms with Crippen LogP contribution >= 0.6 is 15.9 Å². The Labute approximate surface area is 166 Å². The Balaban J connectivity index is 1.60. The molecule has 1 N–H and O–H groups in total. The van der Waals surface area contributed by atoms with Crippen molar-refractivity contribution in [2.45, 2.75) is 13.8 Å². The van der Waals surface area contributed by atoms with Gasteiger partial charge in [0.25, 0.3) is 5.91 Å². The number of hydrogen-bond acceptors (Lipinski definition) is 3. The molecule has 0 atom stereocenters. The minimum atomic E-state index is -0.196. The lowest BCUT2D eigenvalue weighted by molar-refractivity contribution is -0.110. The molecule has 1 aliphatic heterocycles. The van der Waals surface area contributed by atoms with Crippen LogP contribution in [0.25, 0.3) is 0 Å². The summed E-state index contributed by atoms with van der Waals surface area (Å²) < 4.78 is 6.88. The summed E-state index contributed by atoms with van der Waals surface area (Å²) in [5, 5.41) is 2.84. The van der Waals surface area contributed by atoms with Gasteiger partial charge < -0.3 is 10.1 Å². The van der Waals surface area contributed by atoms with Gasteiger partial charge in [0.15, 0.2) is 0 Å². The second-order valence-corrected chi connectivity index (χ2v) is 7.31. The van der Waals surface area contributed by atoms with E-state index in [-0.39, 0.29) is 5.91 Å². The first-order valence-corrected chi connectivity index (χ1v) is 9.34. The maximum atomic E-state index is 12.2. The molecule has 0 spiro atoms. The van der Waals surface area contributed by atoms with Crippen LogP contribution in [0.4, 0.5) is 11.4 Å². The Bertz CT molecular complexity index is 1070. The summed E-state index contributed by atoms with van der Waals surface area (Å²) >= 11 is 3.44. The largest absolute Gasteiger partial charge is 0.457 e. The van der Waals surface area contributed by atoms with Crippen LogP contribution in [-0.4, -0.2) is 11.6 Å². The van der Waals surface area contributed by atoms with Gasteiger partial charge in [-0.1, -0.05) is 28.1 Å². The number of fused-ring (bicyclic) bond motifs is 1. The number of carbonyl (C=O) groups is 1. The smallest absolute Gasteiger partial charge is 0.275 e. The van der Waals surface area contributed by atoms with Gasteiger partial charge in [-0.25, -0.2) is 4.99 Å². The van der Waals surface area contributed by atoms with Gasteiger partial charge in [0.1, 0.15) is 17.2 Å². The van der Waals surface area contributed by atoms with E-state index in [0.29, 0.717) is 11.4 Å². The molecule has 0 aliphatic carbocycles. The number of aryl methyl sites for hydroxylation is 1. The van der Waals surface area contributed by atoms with Crippen LogP contribution in [-0.2, 0) is 4.79 Å². The van der Waals surface area contributed by atoms with E-state index in [4.69, 9.17) is 4.74 Å². The summed E-state index contributed by atoms with van der Waals surface area (Å²) in [6.45, 7) is 4.10. The second-order valence-electron chi connectivity index (χ2n) is 6.40. The number of nitrogens with one attached hydrogen (secondary N) is 1. The van der Waals surface area contributed by atoms with Gasteiger partial charge in [-0.3, -0.25) is 4.79 Å². The molecule has 1 amide bonds. The van der Waals surface area contributed by atoms with Crippen LogP contribution in [0.1, 0.15) is 16.7 Å². The second kappa shape index (κ2) is 7.00. The molecule has 0 fully saturated rings. The van der Waals surface area contributed by atoms with Crippen LogP contribution in [0.3, 0.4) is 0 Å². The molecule has 134 valence electrons. The van der Waals surface area contributed by atoms with E-state index in [1.807, 2.05) is 61.5 Å². The first-order chi connectivity index (χ1) is 13.0. The molecule has 1 heterocycles. The van der Waals surface area contributed by atoms with E-state index >= 15 is 0 Å². The van der Waals surface area contributed by atoms with Gasteiger partial charge in [-0.15, -0.1) is 0 Å². The van der Waals surface area contributed by atoms with Crippen LogP contribution in [0.2, 0.25) is 0 Å². The maximum absolute atomic E-state index is 12.2. The molecule has 0 radical (unpaired) electrons. The third kappa shape index (κ3) is 3.51. The van der Waals surface area contributed by atoms with Gasteiger partial charge in [0.05, 0.1) is 11.4 Å². The molecule has 0 bridgehead atoms. The van der Waals surface area contributed by atoms with Crippen LogP contribution < -0.4 is 10.1 Å². The predicted molar refractivity (Wildman–Crippen MR) is 111 cm³/mol.